The van der Waals surface area contributed by atoms with E-state index in [-0.39, 0.29) is 16.9 Å². The second-order valence-electron chi connectivity index (χ2n) is 7.01. The molecule has 31 heavy (non-hydrogen) atoms. The molecule has 0 bridgehead atoms. The molecule has 0 spiro atoms. The summed E-state index contributed by atoms with van der Waals surface area (Å²) in [5.74, 6) is -2.34. The van der Waals surface area contributed by atoms with Gasteiger partial charge in [0.15, 0.2) is 0 Å². The van der Waals surface area contributed by atoms with Crippen molar-refractivity contribution in [2.24, 2.45) is 0 Å². The number of benzene rings is 1. The number of ketones is 1. The second kappa shape index (κ2) is 8.73. The summed E-state index contributed by atoms with van der Waals surface area (Å²) in [6.07, 6.45) is 5.76. The Morgan fingerprint density at radius 1 is 1.29 bits per heavy atom. The van der Waals surface area contributed by atoms with Crippen molar-refractivity contribution in [2.45, 2.75) is 19.0 Å². The van der Waals surface area contributed by atoms with Crippen LogP contribution < -0.4 is 4.74 Å². The van der Waals surface area contributed by atoms with Crippen molar-refractivity contribution in [2.75, 3.05) is 13.7 Å². The maximum Gasteiger partial charge on any atom is 0.295 e. The van der Waals surface area contributed by atoms with E-state index in [0.29, 0.717) is 19.5 Å². The number of rotatable bonds is 7. The predicted molar refractivity (Wildman–Crippen MR) is 113 cm³/mol. The van der Waals surface area contributed by atoms with Gasteiger partial charge in [-0.1, -0.05) is 6.07 Å². The molecule has 3 heterocycles. The van der Waals surface area contributed by atoms with Crippen LogP contribution in [0.15, 0.2) is 60.0 Å². The first-order valence-electron chi connectivity index (χ1n) is 9.62. The number of methoxy groups -OCH3 is 1. The number of hydrogen-bond acceptors (Lipinski definition) is 6. The molecule has 9 heteroatoms. The molecule has 3 aromatic rings. The van der Waals surface area contributed by atoms with Gasteiger partial charge in [0, 0.05) is 30.4 Å². The molecule has 1 aliphatic rings. The Kier molecular flexibility index (Phi) is 5.85. The number of halogens is 1. The lowest BCUT2D eigenvalue weighted by molar-refractivity contribution is -0.139. The highest BCUT2D eigenvalue weighted by Gasteiger charge is 2.46. The Bertz CT molecular complexity index is 1130. The summed E-state index contributed by atoms with van der Waals surface area (Å²) >= 11 is 1.38. The average molecular weight is 441 g/mol. The predicted octanol–water partition coefficient (Wildman–Crippen LogP) is 3.60. The van der Waals surface area contributed by atoms with Gasteiger partial charge in [-0.2, -0.15) is 0 Å². The lowest BCUT2D eigenvalue weighted by Crippen LogP contribution is -2.31. The third-order valence-electron chi connectivity index (χ3n) is 5.14. The van der Waals surface area contributed by atoms with Crippen LogP contribution in [0.4, 0.5) is 4.39 Å². The van der Waals surface area contributed by atoms with Crippen LogP contribution in [0.1, 0.15) is 22.9 Å². The smallest absolute Gasteiger partial charge is 0.295 e. The molecule has 1 fully saturated rings. The third-order valence-corrected chi connectivity index (χ3v) is 6.07. The van der Waals surface area contributed by atoms with Gasteiger partial charge in [-0.25, -0.2) is 9.37 Å². The van der Waals surface area contributed by atoms with E-state index in [1.54, 1.807) is 18.6 Å². The first-order chi connectivity index (χ1) is 15.0. The summed E-state index contributed by atoms with van der Waals surface area (Å²) < 4.78 is 21.0. The van der Waals surface area contributed by atoms with Crippen LogP contribution in [0.5, 0.6) is 5.75 Å². The third kappa shape index (κ3) is 3.96. The Morgan fingerprint density at radius 2 is 2.13 bits per heavy atom. The monoisotopic (exact) mass is 441 g/mol. The molecule has 0 radical (unpaired) electrons. The molecule has 1 aromatic carbocycles. The molecule has 1 saturated heterocycles. The number of Topliss-reactive ketones (excluding diaryl/α,β-unsaturated/α-hetero) is 1. The Morgan fingerprint density at radius 3 is 2.81 bits per heavy atom. The molecule has 0 saturated carbocycles. The summed E-state index contributed by atoms with van der Waals surface area (Å²) in [5.41, 5.74) is -0.0422. The first kappa shape index (κ1) is 20.8. The number of nitrogens with zero attached hydrogens (tertiary/aromatic N) is 3. The quantitative estimate of drug-likeness (QED) is 0.344. The second-order valence-corrected chi connectivity index (χ2v) is 7.99. The number of carbonyl (C=O) groups excluding carboxylic acids is 2. The largest absolute Gasteiger partial charge is 0.507 e. The molecule has 7 nitrogen and oxygen atoms in total. The number of aryl methyl sites for hydroxylation is 1. The lowest BCUT2D eigenvalue weighted by Gasteiger charge is -2.24. The number of imidazole rings is 1. The summed E-state index contributed by atoms with van der Waals surface area (Å²) in [6.45, 7) is 0.931. The number of amides is 1. The SMILES string of the molecule is COc1ccc(F)cc1/C(O)=C1\C(=O)C(=O)N(CCCn2ccnc2)[C@@H]1c1cccs1. The molecular weight excluding hydrogens is 421 g/mol. The lowest BCUT2D eigenvalue weighted by atomic mass is 9.99. The highest BCUT2D eigenvalue weighted by molar-refractivity contribution is 7.10. The van der Waals surface area contributed by atoms with Crippen LogP contribution in [0.25, 0.3) is 5.76 Å². The topological polar surface area (TPSA) is 84.7 Å². The van der Waals surface area contributed by atoms with Crippen LogP contribution in [-0.4, -0.2) is 44.9 Å². The van der Waals surface area contributed by atoms with Gasteiger partial charge in [0.2, 0.25) is 0 Å². The van der Waals surface area contributed by atoms with Gasteiger partial charge in [0.1, 0.15) is 17.3 Å². The number of aliphatic hydroxyl groups is 1. The number of aliphatic hydroxyl groups excluding tert-OH is 1. The van der Waals surface area contributed by atoms with E-state index in [1.807, 2.05) is 22.2 Å². The van der Waals surface area contributed by atoms with E-state index in [9.17, 15) is 19.1 Å². The zero-order valence-electron chi connectivity index (χ0n) is 16.7. The summed E-state index contributed by atoms with van der Waals surface area (Å²) in [5, 5.41) is 12.9. The van der Waals surface area contributed by atoms with Gasteiger partial charge in [0.05, 0.1) is 30.6 Å². The minimum atomic E-state index is -0.801. The van der Waals surface area contributed by atoms with Crippen LogP contribution in [-0.2, 0) is 16.1 Å². The Labute approximate surface area is 182 Å². The van der Waals surface area contributed by atoms with E-state index in [0.717, 1.165) is 10.9 Å². The maximum absolute atomic E-state index is 13.9. The van der Waals surface area contributed by atoms with Gasteiger partial charge in [-0.3, -0.25) is 9.59 Å². The molecule has 1 N–H and O–H groups in total. The number of carbonyl (C=O) groups is 2. The fourth-order valence-corrected chi connectivity index (χ4v) is 4.55. The molecular formula is C22H20FN3O4S. The molecule has 0 aliphatic carbocycles. The van der Waals surface area contributed by atoms with Crippen molar-refractivity contribution in [3.05, 3.63) is 76.3 Å². The number of ether oxygens (including phenoxy) is 1. The highest BCUT2D eigenvalue weighted by atomic mass is 32.1. The standard InChI is InChI=1S/C22H20FN3O4S/c1-30-16-6-5-14(23)12-15(16)20(27)18-19(17-4-2-11-31-17)26(22(29)21(18)28)9-3-8-25-10-7-24-13-25/h2,4-7,10-13,19,27H,3,8-9H2,1H3/b20-18+/t19-/m1/s1. The summed E-state index contributed by atoms with van der Waals surface area (Å²) in [4.78, 5) is 32.0. The molecule has 160 valence electrons. The number of hydrogen-bond donors (Lipinski definition) is 1. The summed E-state index contributed by atoms with van der Waals surface area (Å²) in [6, 6.07) is 6.52. The molecule has 0 unspecified atom stereocenters. The van der Waals surface area contributed by atoms with Gasteiger partial charge in [-0.05, 0) is 36.1 Å². The zero-order chi connectivity index (χ0) is 22.0. The van der Waals surface area contributed by atoms with E-state index in [1.165, 1.54) is 35.5 Å². The minimum absolute atomic E-state index is 0.0282. The highest BCUT2D eigenvalue weighted by Crippen LogP contribution is 2.42. The fraction of sp³-hybridized carbons (Fsp3) is 0.227. The van der Waals surface area contributed by atoms with E-state index >= 15 is 0 Å². The van der Waals surface area contributed by atoms with Crippen LogP contribution >= 0.6 is 11.3 Å². The zero-order valence-corrected chi connectivity index (χ0v) is 17.5. The van der Waals surface area contributed by atoms with Crippen molar-refractivity contribution in [3.8, 4) is 5.75 Å². The molecule has 4 rings (SSSR count). The normalized spacial score (nSPS) is 18.0. The summed E-state index contributed by atoms with van der Waals surface area (Å²) in [7, 11) is 1.38. The van der Waals surface area contributed by atoms with Crippen molar-refractivity contribution in [3.63, 3.8) is 0 Å². The van der Waals surface area contributed by atoms with Crippen molar-refractivity contribution < 1.29 is 23.8 Å². The first-order valence-corrected chi connectivity index (χ1v) is 10.5. The molecule has 1 aliphatic heterocycles. The Balaban J connectivity index is 1.74. The molecule has 1 amide bonds. The minimum Gasteiger partial charge on any atom is -0.507 e. The van der Waals surface area contributed by atoms with Gasteiger partial charge in [0.25, 0.3) is 11.7 Å². The molecule has 1 atom stereocenters. The van der Waals surface area contributed by atoms with Crippen LogP contribution in [0.3, 0.4) is 0 Å². The number of aromatic nitrogens is 2. The number of thiophene rings is 1. The Hall–Kier alpha value is -3.46. The average Bonchev–Trinajstić information content (AvgIpc) is 3.52. The fourth-order valence-electron chi connectivity index (χ4n) is 3.71. The van der Waals surface area contributed by atoms with Crippen LogP contribution in [0.2, 0.25) is 0 Å². The van der Waals surface area contributed by atoms with Crippen molar-refractivity contribution >= 4 is 28.8 Å². The maximum atomic E-state index is 13.9. The molecule has 2 aromatic heterocycles. The van der Waals surface area contributed by atoms with E-state index in [4.69, 9.17) is 4.74 Å². The van der Waals surface area contributed by atoms with Crippen molar-refractivity contribution in [1.29, 1.82) is 0 Å². The van der Waals surface area contributed by atoms with E-state index in [2.05, 4.69) is 4.98 Å². The van der Waals surface area contributed by atoms with Gasteiger partial charge < -0.3 is 19.3 Å². The van der Waals surface area contributed by atoms with Gasteiger partial charge in [-0.15, -0.1) is 11.3 Å². The van der Waals surface area contributed by atoms with Gasteiger partial charge >= 0.3 is 0 Å². The van der Waals surface area contributed by atoms with Crippen LogP contribution in [0, 0.1) is 5.82 Å². The van der Waals surface area contributed by atoms with Crippen molar-refractivity contribution in [1.82, 2.24) is 14.5 Å². The number of likely N-dealkylation sites (tertiary alicyclic amines) is 1. The van der Waals surface area contributed by atoms with E-state index < -0.39 is 29.3 Å².